The number of rotatable bonds is 3. The number of halogens is 1. The summed E-state index contributed by atoms with van der Waals surface area (Å²) in [5.41, 5.74) is 3.26. The Balaban J connectivity index is 1.53. The van der Waals surface area contributed by atoms with E-state index in [4.69, 9.17) is 9.47 Å². The fraction of sp³-hybridized carbons (Fsp3) is 0.474. The highest BCUT2D eigenvalue weighted by atomic mass is 19.1. The molecule has 1 aromatic heterocycles. The van der Waals surface area contributed by atoms with Gasteiger partial charge in [-0.1, -0.05) is 0 Å². The van der Waals surface area contributed by atoms with Crippen LogP contribution in [-0.4, -0.2) is 46.1 Å². The van der Waals surface area contributed by atoms with E-state index in [0.717, 1.165) is 48.6 Å². The lowest BCUT2D eigenvalue weighted by molar-refractivity contribution is -0.00165. The van der Waals surface area contributed by atoms with Gasteiger partial charge in [-0.05, 0) is 43.7 Å². The smallest absolute Gasteiger partial charge is 0.430 e. The maximum Gasteiger partial charge on any atom is 0.509 e. The van der Waals surface area contributed by atoms with Gasteiger partial charge in [0.25, 0.3) is 0 Å². The van der Waals surface area contributed by atoms with E-state index in [1.807, 2.05) is 24.6 Å². The van der Waals surface area contributed by atoms with Gasteiger partial charge in [0.2, 0.25) is 0 Å². The molecule has 138 valence electrons. The van der Waals surface area contributed by atoms with Crippen LogP contribution in [0.4, 0.5) is 9.18 Å². The second kappa shape index (κ2) is 6.39. The van der Waals surface area contributed by atoms with Crippen molar-refractivity contribution in [1.29, 1.82) is 0 Å². The molecule has 6 nitrogen and oxygen atoms in total. The minimum absolute atomic E-state index is 0.253. The molecule has 4 rings (SSSR count). The lowest BCUT2D eigenvalue weighted by Gasteiger charge is -2.36. The Morgan fingerprint density at radius 3 is 2.62 bits per heavy atom. The highest BCUT2D eigenvalue weighted by molar-refractivity contribution is 5.62. The van der Waals surface area contributed by atoms with Crippen molar-refractivity contribution in [3.63, 3.8) is 0 Å². The summed E-state index contributed by atoms with van der Waals surface area (Å²) in [6.45, 7) is 6.42. The molecule has 0 radical (unpaired) electrons. The summed E-state index contributed by atoms with van der Waals surface area (Å²) < 4.78 is 26.1. The first kappa shape index (κ1) is 17.0. The molecule has 3 heterocycles. The minimum Gasteiger partial charge on any atom is -0.430 e. The summed E-state index contributed by atoms with van der Waals surface area (Å²) in [6, 6.07) is 6.83. The van der Waals surface area contributed by atoms with Crippen LogP contribution in [0.2, 0.25) is 0 Å². The van der Waals surface area contributed by atoms with Crippen molar-refractivity contribution in [3.8, 4) is 5.69 Å². The van der Waals surface area contributed by atoms with Crippen LogP contribution >= 0.6 is 0 Å². The summed E-state index contributed by atoms with van der Waals surface area (Å²) in [6.07, 6.45) is 0.877. The third-order valence-corrected chi connectivity index (χ3v) is 5.19. The van der Waals surface area contributed by atoms with E-state index in [9.17, 15) is 9.18 Å². The van der Waals surface area contributed by atoms with Gasteiger partial charge in [0.05, 0.1) is 11.4 Å². The number of hydrogen-bond acceptors (Lipinski definition) is 5. The topological polar surface area (TPSA) is 56.6 Å². The molecule has 0 atom stereocenters. The van der Waals surface area contributed by atoms with Crippen molar-refractivity contribution < 1.29 is 18.7 Å². The van der Waals surface area contributed by atoms with Crippen LogP contribution in [0.15, 0.2) is 24.3 Å². The van der Waals surface area contributed by atoms with Gasteiger partial charge in [-0.2, -0.15) is 5.10 Å². The second-order valence-electron chi connectivity index (χ2n) is 7.21. The molecule has 0 aliphatic carbocycles. The van der Waals surface area contributed by atoms with Crippen molar-refractivity contribution >= 4 is 6.16 Å². The quantitative estimate of drug-likeness (QED) is 0.788. The predicted molar refractivity (Wildman–Crippen MR) is 92.7 cm³/mol. The van der Waals surface area contributed by atoms with Gasteiger partial charge in [0.1, 0.15) is 12.4 Å². The normalized spacial score (nSPS) is 19.6. The minimum atomic E-state index is -0.574. The third-order valence-electron chi connectivity index (χ3n) is 5.19. The number of piperidine rings is 1. The fourth-order valence-electron chi connectivity index (χ4n) is 3.79. The number of aromatic nitrogens is 2. The molecule has 0 N–H and O–H groups in total. The molecule has 2 aromatic rings. The predicted octanol–water partition coefficient (Wildman–Crippen LogP) is 3.13. The van der Waals surface area contributed by atoms with E-state index >= 15 is 0 Å². The molecule has 1 aromatic carbocycles. The number of carbonyl (C=O) groups excluding carboxylic acids is 1. The lowest BCUT2D eigenvalue weighted by atomic mass is 9.92. The van der Waals surface area contributed by atoms with Crippen LogP contribution in [0.3, 0.4) is 0 Å². The number of aryl methyl sites for hydroxylation is 2. The number of ether oxygens (including phenoxy) is 2. The highest BCUT2D eigenvalue weighted by Crippen LogP contribution is 2.32. The molecular formula is C19H22FN3O3. The molecular weight excluding hydrogens is 337 g/mol. The Morgan fingerprint density at radius 2 is 2.00 bits per heavy atom. The Kier molecular flexibility index (Phi) is 4.19. The van der Waals surface area contributed by atoms with Crippen LogP contribution in [0.5, 0.6) is 0 Å². The Labute approximate surface area is 151 Å². The summed E-state index contributed by atoms with van der Waals surface area (Å²) in [5.74, 6) is -0.253. The standard InChI is InChI=1S/C19H22FN3O3/c1-13-9-14(2)23(21-13)17-4-3-16(20)10-15(17)11-22-7-5-19(6-8-22)12-25-18(24)26-19/h3-4,9-10H,5-8,11-12H2,1-2H3. The van der Waals surface area contributed by atoms with Crippen LogP contribution in [-0.2, 0) is 16.0 Å². The summed E-state index contributed by atoms with van der Waals surface area (Å²) >= 11 is 0. The first-order valence-corrected chi connectivity index (χ1v) is 8.84. The molecule has 2 aliphatic heterocycles. The van der Waals surface area contributed by atoms with Gasteiger partial charge in [-0.15, -0.1) is 0 Å². The Bertz CT molecular complexity index is 841. The summed E-state index contributed by atoms with van der Waals surface area (Å²) in [5, 5.41) is 4.53. The zero-order valence-electron chi connectivity index (χ0n) is 15.0. The number of carbonyl (C=O) groups is 1. The van der Waals surface area contributed by atoms with E-state index in [0.29, 0.717) is 13.2 Å². The van der Waals surface area contributed by atoms with Crippen LogP contribution in [0.1, 0.15) is 29.8 Å². The molecule has 0 unspecified atom stereocenters. The number of cyclic esters (lactones) is 1. The van der Waals surface area contributed by atoms with Crippen molar-refractivity contribution in [2.75, 3.05) is 19.7 Å². The van der Waals surface area contributed by atoms with Crippen molar-refractivity contribution in [3.05, 3.63) is 47.0 Å². The largest absolute Gasteiger partial charge is 0.509 e. The fourth-order valence-corrected chi connectivity index (χ4v) is 3.79. The van der Waals surface area contributed by atoms with E-state index < -0.39 is 11.8 Å². The summed E-state index contributed by atoms with van der Waals surface area (Å²) in [4.78, 5) is 13.5. The molecule has 26 heavy (non-hydrogen) atoms. The van der Waals surface area contributed by atoms with Gasteiger partial charge in [-0.3, -0.25) is 4.90 Å². The van der Waals surface area contributed by atoms with Gasteiger partial charge in [0.15, 0.2) is 5.60 Å². The van der Waals surface area contributed by atoms with Crippen molar-refractivity contribution in [1.82, 2.24) is 14.7 Å². The molecule has 0 saturated carbocycles. The third kappa shape index (κ3) is 3.19. The van der Waals surface area contributed by atoms with Crippen LogP contribution in [0, 0.1) is 19.7 Å². The molecule has 2 aliphatic rings. The molecule has 1 spiro atoms. The highest BCUT2D eigenvalue weighted by Gasteiger charge is 2.44. The molecule has 2 saturated heterocycles. The first-order valence-electron chi connectivity index (χ1n) is 8.84. The Morgan fingerprint density at radius 1 is 1.23 bits per heavy atom. The maximum absolute atomic E-state index is 13.9. The van der Waals surface area contributed by atoms with Gasteiger partial charge >= 0.3 is 6.16 Å². The van der Waals surface area contributed by atoms with Crippen LogP contribution < -0.4 is 0 Å². The van der Waals surface area contributed by atoms with E-state index in [1.165, 1.54) is 6.07 Å². The average Bonchev–Trinajstić information content (AvgIpc) is 3.12. The van der Waals surface area contributed by atoms with Gasteiger partial charge in [0, 0.05) is 38.2 Å². The maximum atomic E-state index is 13.9. The van der Waals surface area contributed by atoms with Crippen LogP contribution in [0.25, 0.3) is 5.69 Å². The zero-order valence-corrected chi connectivity index (χ0v) is 15.0. The molecule has 7 heteroatoms. The number of benzene rings is 1. The number of nitrogens with zero attached hydrogens (tertiary/aromatic N) is 3. The van der Waals surface area contributed by atoms with Gasteiger partial charge in [-0.25, -0.2) is 13.9 Å². The Hall–Kier alpha value is -2.41. The number of likely N-dealkylation sites (tertiary alicyclic amines) is 1. The van der Waals surface area contributed by atoms with Crippen molar-refractivity contribution in [2.24, 2.45) is 0 Å². The second-order valence-corrected chi connectivity index (χ2v) is 7.21. The van der Waals surface area contributed by atoms with E-state index in [1.54, 1.807) is 12.1 Å². The summed E-state index contributed by atoms with van der Waals surface area (Å²) in [7, 11) is 0. The molecule has 0 bridgehead atoms. The van der Waals surface area contributed by atoms with E-state index in [2.05, 4.69) is 10.00 Å². The van der Waals surface area contributed by atoms with Crippen molar-refractivity contribution in [2.45, 2.75) is 38.8 Å². The monoisotopic (exact) mass is 359 g/mol. The molecule has 2 fully saturated rings. The zero-order chi connectivity index (χ0) is 18.3. The molecule has 0 amide bonds. The van der Waals surface area contributed by atoms with Gasteiger partial charge < -0.3 is 9.47 Å². The lowest BCUT2D eigenvalue weighted by Crippen LogP contribution is -2.45. The SMILES string of the molecule is Cc1cc(C)n(-c2ccc(F)cc2CN2CCC3(CC2)COC(=O)O3)n1. The van der Waals surface area contributed by atoms with E-state index in [-0.39, 0.29) is 5.82 Å². The number of hydrogen-bond donors (Lipinski definition) is 0. The first-order chi connectivity index (χ1) is 12.4. The average molecular weight is 359 g/mol.